The normalized spacial score (nSPS) is 11.5. The first kappa shape index (κ1) is 41.4. The summed E-state index contributed by atoms with van der Waals surface area (Å²) >= 11 is 0. The summed E-state index contributed by atoms with van der Waals surface area (Å²) in [5.74, 6) is -0.648. The molecule has 0 unspecified atom stereocenters. The van der Waals surface area contributed by atoms with E-state index in [9.17, 15) is 4.79 Å². The van der Waals surface area contributed by atoms with Gasteiger partial charge in [0.2, 0.25) is 0 Å². The second-order valence-corrected chi connectivity index (χ2v) is 13.7. The molecule has 0 radical (unpaired) electrons. The largest absolute Gasteiger partial charge is 0.481 e. The van der Waals surface area contributed by atoms with Crippen molar-refractivity contribution in [2.24, 2.45) is 5.73 Å². The molecule has 0 aromatic carbocycles. The zero-order valence-electron chi connectivity index (χ0n) is 28.8. The van der Waals surface area contributed by atoms with Gasteiger partial charge in [0, 0.05) is 6.42 Å². The Morgan fingerprint density at radius 3 is 0.571 bits per heavy atom. The molecular weight excluding hydrogens is 514 g/mol. The number of rotatable bonds is 38. The summed E-state index contributed by atoms with van der Waals surface area (Å²) in [6.07, 6.45) is 50.8. The van der Waals surface area contributed by atoms with Gasteiger partial charge in [0.25, 0.3) is 0 Å². The van der Waals surface area contributed by atoms with E-state index in [0.717, 1.165) is 19.4 Å². The average Bonchev–Trinajstić information content (AvgIpc) is 2.98. The zero-order chi connectivity index (χ0) is 30.4. The van der Waals surface area contributed by atoms with Gasteiger partial charge in [-0.1, -0.05) is 218 Å². The molecule has 0 aliphatic carbocycles. The quantitative estimate of drug-likeness (QED) is 0.0700. The predicted octanol–water partition coefficient (Wildman–Crippen LogP) is 13.5. The van der Waals surface area contributed by atoms with Crippen LogP contribution in [0.2, 0.25) is 0 Å². The van der Waals surface area contributed by atoms with E-state index in [2.05, 4.69) is 0 Å². The van der Waals surface area contributed by atoms with Crippen molar-refractivity contribution in [3.63, 3.8) is 0 Å². The molecule has 0 saturated heterocycles. The third kappa shape index (κ3) is 39.4. The van der Waals surface area contributed by atoms with Gasteiger partial charge in [0.1, 0.15) is 0 Å². The topological polar surface area (TPSA) is 63.3 Å². The maximum atomic E-state index is 10.5. The van der Waals surface area contributed by atoms with E-state index in [1.54, 1.807) is 0 Å². The summed E-state index contributed by atoms with van der Waals surface area (Å²) in [6.45, 7) is 0.869. The van der Waals surface area contributed by atoms with Crippen molar-refractivity contribution >= 4 is 5.97 Å². The maximum absolute atomic E-state index is 10.5. The monoisotopic (exact) mass is 594 g/mol. The van der Waals surface area contributed by atoms with Crippen molar-refractivity contribution in [3.05, 3.63) is 0 Å². The highest BCUT2D eigenvalue weighted by atomic mass is 16.4. The van der Waals surface area contributed by atoms with Crippen LogP contribution in [0.3, 0.4) is 0 Å². The summed E-state index contributed by atoms with van der Waals surface area (Å²) in [5.41, 5.74) is 5.55. The van der Waals surface area contributed by atoms with E-state index in [1.807, 2.05) is 0 Å². The van der Waals surface area contributed by atoms with Crippen LogP contribution in [0.25, 0.3) is 0 Å². The molecule has 252 valence electrons. The first-order valence-electron chi connectivity index (χ1n) is 19.7. The molecule has 3 heteroatoms. The minimum atomic E-state index is -0.648. The molecule has 0 aromatic rings. The Labute approximate surface area is 265 Å². The highest BCUT2D eigenvalue weighted by molar-refractivity contribution is 5.66. The molecule has 0 rings (SSSR count). The number of carboxylic acid groups (broad SMARTS) is 1. The summed E-state index contributed by atoms with van der Waals surface area (Å²) in [7, 11) is 0. The lowest BCUT2D eigenvalue weighted by molar-refractivity contribution is -0.137. The number of hydrogen-bond donors (Lipinski definition) is 2. The van der Waals surface area contributed by atoms with E-state index in [1.165, 1.54) is 218 Å². The fraction of sp³-hybridized carbons (Fsp3) is 0.974. The molecule has 0 aromatic heterocycles. The van der Waals surface area contributed by atoms with E-state index in [0.29, 0.717) is 6.42 Å². The standard InChI is InChI=1S/C39H79NO2/c40-38-36-34-32-30-28-26-24-22-20-18-16-14-12-10-8-6-4-2-1-3-5-7-9-11-13-15-17-19-21-23-25-27-29-31-33-35-37-39(41)42/h1-38,40H2,(H,41,42). The number of nitrogens with two attached hydrogens (primary N) is 1. The van der Waals surface area contributed by atoms with Crippen LogP contribution >= 0.6 is 0 Å². The van der Waals surface area contributed by atoms with Crippen LogP contribution in [0.5, 0.6) is 0 Å². The van der Waals surface area contributed by atoms with Gasteiger partial charge in [-0.2, -0.15) is 0 Å². The van der Waals surface area contributed by atoms with Crippen LogP contribution in [0.1, 0.15) is 238 Å². The molecule has 0 bridgehead atoms. The maximum Gasteiger partial charge on any atom is 0.303 e. The molecule has 0 amide bonds. The van der Waals surface area contributed by atoms with Crippen LogP contribution < -0.4 is 5.73 Å². The first-order valence-corrected chi connectivity index (χ1v) is 19.7. The minimum Gasteiger partial charge on any atom is -0.481 e. The summed E-state index contributed by atoms with van der Waals surface area (Å²) in [5, 5.41) is 8.64. The lowest BCUT2D eigenvalue weighted by Crippen LogP contribution is -1.97. The van der Waals surface area contributed by atoms with E-state index in [4.69, 9.17) is 10.8 Å². The van der Waals surface area contributed by atoms with Crippen LogP contribution in [-0.2, 0) is 4.79 Å². The molecule has 0 fully saturated rings. The van der Waals surface area contributed by atoms with Gasteiger partial charge in [0.05, 0.1) is 0 Å². The molecule has 3 N–H and O–H groups in total. The molecule has 42 heavy (non-hydrogen) atoms. The van der Waals surface area contributed by atoms with Gasteiger partial charge < -0.3 is 10.8 Å². The third-order valence-corrected chi connectivity index (χ3v) is 9.34. The predicted molar refractivity (Wildman–Crippen MR) is 188 cm³/mol. The van der Waals surface area contributed by atoms with Crippen molar-refractivity contribution in [2.45, 2.75) is 238 Å². The molecule has 0 atom stereocenters. The van der Waals surface area contributed by atoms with Gasteiger partial charge in [-0.05, 0) is 19.4 Å². The third-order valence-electron chi connectivity index (χ3n) is 9.34. The highest BCUT2D eigenvalue weighted by Crippen LogP contribution is 2.17. The molecule has 0 saturated carbocycles. The Balaban J connectivity index is 3.03. The van der Waals surface area contributed by atoms with Crippen LogP contribution in [-0.4, -0.2) is 17.6 Å². The number of hydrogen-bond acceptors (Lipinski definition) is 2. The first-order chi connectivity index (χ1) is 20.8. The van der Waals surface area contributed by atoms with Crippen LogP contribution in [0.15, 0.2) is 0 Å². The second-order valence-electron chi connectivity index (χ2n) is 13.7. The van der Waals surface area contributed by atoms with E-state index >= 15 is 0 Å². The highest BCUT2D eigenvalue weighted by Gasteiger charge is 1.99. The molecule has 0 heterocycles. The number of unbranched alkanes of at least 4 members (excludes halogenated alkanes) is 35. The van der Waals surface area contributed by atoms with Gasteiger partial charge in [-0.15, -0.1) is 0 Å². The number of carboxylic acids is 1. The fourth-order valence-electron chi connectivity index (χ4n) is 6.43. The molecule has 0 aliphatic rings. The van der Waals surface area contributed by atoms with Gasteiger partial charge in [0.15, 0.2) is 0 Å². The average molecular weight is 594 g/mol. The van der Waals surface area contributed by atoms with Crippen molar-refractivity contribution in [3.8, 4) is 0 Å². The van der Waals surface area contributed by atoms with Crippen molar-refractivity contribution in [1.82, 2.24) is 0 Å². The summed E-state index contributed by atoms with van der Waals surface area (Å²) in [4.78, 5) is 10.5. The SMILES string of the molecule is NCCCCCCCCCCCCCCCCCCCCCCCCCCCCCCCCCCCCCCC(=O)O. The Bertz CT molecular complexity index is 495. The second kappa shape index (κ2) is 38.5. The Kier molecular flexibility index (Phi) is 37.9. The van der Waals surface area contributed by atoms with Crippen LogP contribution in [0, 0.1) is 0 Å². The summed E-state index contributed by atoms with van der Waals surface area (Å²) < 4.78 is 0. The minimum absolute atomic E-state index is 0.346. The van der Waals surface area contributed by atoms with Gasteiger partial charge in [-0.25, -0.2) is 0 Å². The van der Waals surface area contributed by atoms with E-state index < -0.39 is 5.97 Å². The Morgan fingerprint density at radius 2 is 0.429 bits per heavy atom. The lowest BCUT2D eigenvalue weighted by atomic mass is 10.0. The molecular formula is C39H79NO2. The summed E-state index contributed by atoms with van der Waals surface area (Å²) in [6, 6.07) is 0. The molecule has 0 spiro atoms. The van der Waals surface area contributed by atoms with Crippen LogP contribution in [0.4, 0.5) is 0 Å². The van der Waals surface area contributed by atoms with Crippen molar-refractivity contribution in [2.75, 3.05) is 6.54 Å². The van der Waals surface area contributed by atoms with Gasteiger partial charge in [-0.3, -0.25) is 4.79 Å². The number of carbonyl (C=O) groups is 1. The lowest BCUT2D eigenvalue weighted by Gasteiger charge is -2.05. The van der Waals surface area contributed by atoms with Gasteiger partial charge >= 0.3 is 5.97 Å². The van der Waals surface area contributed by atoms with Crippen molar-refractivity contribution < 1.29 is 9.90 Å². The fourth-order valence-corrected chi connectivity index (χ4v) is 6.43. The van der Waals surface area contributed by atoms with Crippen molar-refractivity contribution in [1.29, 1.82) is 0 Å². The Morgan fingerprint density at radius 1 is 0.286 bits per heavy atom. The number of aliphatic carboxylic acids is 1. The van der Waals surface area contributed by atoms with E-state index in [-0.39, 0.29) is 0 Å². The molecule has 3 nitrogen and oxygen atoms in total. The zero-order valence-corrected chi connectivity index (χ0v) is 28.8. The Hall–Kier alpha value is -0.570. The molecule has 0 aliphatic heterocycles. The smallest absolute Gasteiger partial charge is 0.303 e.